The number of nitrogens with zero attached hydrogens (tertiary/aromatic N) is 1. The van der Waals surface area contributed by atoms with Crippen molar-refractivity contribution in [1.82, 2.24) is 10.2 Å². The number of nitrogens with one attached hydrogen (secondary N) is 1. The Morgan fingerprint density at radius 1 is 1.44 bits per heavy atom. The summed E-state index contributed by atoms with van der Waals surface area (Å²) >= 11 is 0. The van der Waals surface area contributed by atoms with Crippen molar-refractivity contribution in [2.75, 3.05) is 52.6 Å². The molecule has 0 radical (unpaired) electrons. The van der Waals surface area contributed by atoms with Gasteiger partial charge in [0.1, 0.15) is 0 Å². The van der Waals surface area contributed by atoms with Gasteiger partial charge >= 0.3 is 0 Å². The first kappa shape index (κ1) is 15.9. The van der Waals surface area contributed by atoms with Crippen LogP contribution in [0.4, 0.5) is 0 Å². The fourth-order valence-electron chi connectivity index (χ4n) is 2.04. The Balaban J connectivity index is 2.21. The van der Waals surface area contributed by atoms with E-state index in [1.54, 1.807) is 0 Å². The van der Waals surface area contributed by atoms with Crippen molar-refractivity contribution >= 4 is 0 Å². The zero-order chi connectivity index (χ0) is 13.4. The van der Waals surface area contributed by atoms with Crippen molar-refractivity contribution in [1.29, 1.82) is 0 Å². The molecule has 1 heterocycles. The van der Waals surface area contributed by atoms with E-state index in [2.05, 4.69) is 17.1 Å². The molecule has 0 aromatic heterocycles. The van der Waals surface area contributed by atoms with Crippen LogP contribution in [0.1, 0.15) is 20.8 Å². The second-order valence-corrected chi connectivity index (χ2v) is 5.33. The van der Waals surface area contributed by atoms with Gasteiger partial charge in [0.05, 0.1) is 25.4 Å². The van der Waals surface area contributed by atoms with Crippen LogP contribution in [0.15, 0.2) is 0 Å². The van der Waals surface area contributed by atoms with Gasteiger partial charge in [-0.15, -0.1) is 0 Å². The Labute approximate surface area is 110 Å². The third-order valence-electron chi connectivity index (χ3n) is 3.07. The zero-order valence-electron chi connectivity index (χ0n) is 11.9. The largest absolute Gasteiger partial charge is 0.388 e. The molecule has 2 atom stereocenters. The molecule has 5 heteroatoms. The van der Waals surface area contributed by atoms with Gasteiger partial charge in [-0.05, 0) is 20.8 Å². The summed E-state index contributed by atoms with van der Waals surface area (Å²) in [5.41, 5.74) is -0.711. The zero-order valence-corrected chi connectivity index (χ0v) is 11.9. The first-order valence-corrected chi connectivity index (χ1v) is 6.87. The Bertz CT molecular complexity index is 218. The van der Waals surface area contributed by atoms with Crippen molar-refractivity contribution in [3.63, 3.8) is 0 Å². The number of rotatable bonds is 8. The highest BCUT2D eigenvalue weighted by molar-refractivity contribution is 4.82. The molecule has 18 heavy (non-hydrogen) atoms. The minimum absolute atomic E-state index is 0.265. The van der Waals surface area contributed by atoms with E-state index in [0.29, 0.717) is 19.7 Å². The van der Waals surface area contributed by atoms with Crippen LogP contribution in [0.5, 0.6) is 0 Å². The molecule has 1 rings (SSSR count). The Hall–Kier alpha value is -0.200. The topological polar surface area (TPSA) is 54.0 Å². The summed E-state index contributed by atoms with van der Waals surface area (Å²) < 4.78 is 10.6. The summed E-state index contributed by atoms with van der Waals surface area (Å²) in [4.78, 5) is 2.25. The van der Waals surface area contributed by atoms with Gasteiger partial charge in [0.25, 0.3) is 0 Å². The van der Waals surface area contributed by atoms with Crippen LogP contribution in [-0.4, -0.2) is 74.3 Å². The van der Waals surface area contributed by atoms with E-state index in [-0.39, 0.29) is 6.04 Å². The summed E-state index contributed by atoms with van der Waals surface area (Å²) in [6.45, 7) is 12.0. The molecule has 0 aromatic rings. The molecular weight excluding hydrogens is 232 g/mol. The Morgan fingerprint density at radius 3 is 2.72 bits per heavy atom. The van der Waals surface area contributed by atoms with Gasteiger partial charge in [-0.1, -0.05) is 0 Å². The van der Waals surface area contributed by atoms with Gasteiger partial charge in [0.15, 0.2) is 0 Å². The average Bonchev–Trinajstić information content (AvgIpc) is 2.35. The lowest BCUT2D eigenvalue weighted by molar-refractivity contribution is -0.0238. The van der Waals surface area contributed by atoms with Crippen LogP contribution in [0.25, 0.3) is 0 Å². The lowest BCUT2D eigenvalue weighted by Crippen LogP contribution is -2.52. The van der Waals surface area contributed by atoms with Crippen LogP contribution >= 0.6 is 0 Å². The fourth-order valence-corrected chi connectivity index (χ4v) is 2.04. The van der Waals surface area contributed by atoms with E-state index >= 15 is 0 Å². The summed E-state index contributed by atoms with van der Waals surface area (Å²) in [7, 11) is 0. The van der Waals surface area contributed by atoms with Crippen LogP contribution in [0, 0.1) is 0 Å². The molecule has 5 nitrogen and oxygen atoms in total. The summed E-state index contributed by atoms with van der Waals surface area (Å²) in [6, 6.07) is 0.265. The fraction of sp³-hybridized carbons (Fsp3) is 1.00. The molecule has 0 spiro atoms. The van der Waals surface area contributed by atoms with E-state index in [1.165, 1.54) is 0 Å². The summed E-state index contributed by atoms with van der Waals surface area (Å²) in [5, 5.41) is 13.7. The van der Waals surface area contributed by atoms with Gasteiger partial charge in [-0.2, -0.15) is 0 Å². The minimum atomic E-state index is -0.711. The van der Waals surface area contributed by atoms with Crippen molar-refractivity contribution in [3.05, 3.63) is 0 Å². The molecule has 0 saturated carbocycles. The maximum atomic E-state index is 10.4. The first-order valence-electron chi connectivity index (χ1n) is 6.87. The number of β-amino-alcohol motifs (C(OH)–C–C–N with tert-alkyl or cyclic N) is 1. The van der Waals surface area contributed by atoms with Gasteiger partial charge in [0.2, 0.25) is 0 Å². The number of hydrogen-bond acceptors (Lipinski definition) is 5. The lowest BCUT2D eigenvalue weighted by Gasteiger charge is -2.34. The number of morpholine rings is 1. The molecular formula is C13H28N2O3. The van der Waals surface area contributed by atoms with Crippen molar-refractivity contribution in [2.24, 2.45) is 0 Å². The SMILES string of the molecule is CCOCC(C)NCC(C)(O)CN1CCOCC1. The molecule has 2 unspecified atom stereocenters. The predicted octanol–water partition coefficient (Wildman–Crippen LogP) is 0.0842. The van der Waals surface area contributed by atoms with E-state index in [1.807, 2.05) is 13.8 Å². The van der Waals surface area contributed by atoms with Crippen LogP contribution < -0.4 is 5.32 Å². The third kappa shape index (κ3) is 6.66. The van der Waals surface area contributed by atoms with E-state index in [4.69, 9.17) is 9.47 Å². The van der Waals surface area contributed by atoms with Crippen molar-refractivity contribution in [3.8, 4) is 0 Å². The van der Waals surface area contributed by atoms with Gasteiger partial charge < -0.3 is 19.9 Å². The van der Waals surface area contributed by atoms with Crippen LogP contribution in [0.2, 0.25) is 0 Å². The van der Waals surface area contributed by atoms with Gasteiger partial charge in [-0.3, -0.25) is 4.90 Å². The average molecular weight is 260 g/mol. The normalized spacial score (nSPS) is 22.7. The van der Waals surface area contributed by atoms with E-state index < -0.39 is 5.60 Å². The lowest BCUT2D eigenvalue weighted by atomic mass is 10.1. The van der Waals surface area contributed by atoms with E-state index in [0.717, 1.165) is 32.9 Å². The molecule has 1 fully saturated rings. The highest BCUT2D eigenvalue weighted by Crippen LogP contribution is 2.08. The Kier molecular flexibility index (Phi) is 7.11. The second kappa shape index (κ2) is 8.07. The highest BCUT2D eigenvalue weighted by atomic mass is 16.5. The van der Waals surface area contributed by atoms with Crippen molar-refractivity contribution in [2.45, 2.75) is 32.4 Å². The monoisotopic (exact) mass is 260 g/mol. The second-order valence-electron chi connectivity index (χ2n) is 5.33. The minimum Gasteiger partial charge on any atom is -0.388 e. The van der Waals surface area contributed by atoms with E-state index in [9.17, 15) is 5.11 Å². The third-order valence-corrected chi connectivity index (χ3v) is 3.07. The first-order chi connectivity index (χ1) is 8.53. The molecule has 0 aliphatic carbocycles. The smallest absolute Gasteiger partial charge is 0.0869 e. The van der Waals surface area contributed by atoms with Gasteiger partial charge in [0, 0.05) is 38.8 Å². The number of hydrogen-bond donors (Lipinski definition) is 2. The maximum absolute atomic E-state index is 10.4. The molecule has 1 aliphatic heterocycles. The van der Waals surface area contributed by atoms with Crippen molar-refractivity contribution < 1.29 is 14.6 Å². The molecule has 0 bridgehead atoms. The molecule has 108 valence electrons. The molecule has 1 saturated heterocycles. The summed E-state index contributed by atoms with van der Waals surface area (Å²) in [6.07, 6.45) is 0. The van der Waals surface area contributed by atoms with Crippen LogP contribution in [0.3, 0.4) is 0 Å². The Morgan fingerprint density at radius 2 is 2.11 bits per heavy atom. The highest BCUT2D eigenvalue weighted by Gasteiger charge is 2.25. The molecule has 0 amide bonds. The standard InChI is InChI=1S/C13H28N2O3/c1-4-17-9-12(2)14-10-13(3,16)11-15-5-7-18-8-6-15/h12,14,16H,4-11H2,1-3H3. The summed E-state index contributed by atoms with van der Waals surface area (Å²) in [5.74, 6) is 0. The molecule has 0 aromatic carbocycles. The predicted molar refractivity (Wildman–Crippen MR) is 71.8 cm³/mol. The number of aliphatic hydroxyl groups is 1. The number of ether oxygens (including phenoxy) is 2. The van der Waals surface area contributed by atoms with Crippen LogP contribution in [-0.2, 0) is 9.47 Å². The molecule has 1 aliphatic rings. The van der Waals surface area contributed by atoms with Gasteiger partial charge in [-0.25, -0.2) is 0 Å². The maximum Gasteiger partial charge on any atom is 0.0869 e. The molecule has 2 N–H and O–H groups in total. The quantitative estimate of drug-likeness (QED) is 0.647.